The van der Waals surface area contributed by atoms with Crippen molar-refractivity contribution in [3.8, 4) is 17.2 Å². The highest BCUT2D eigenvalue weighted by molar-refractivity contribution is 6.06. The molecule has 2 N–H and O–H groups in total. The first kappa shape index (κ1) is 20.9. The lowest BCUT2D eigenvalue weighted by atomic mass is 10.1. The van der Waals surface area contributed by atoms with Gasteiger partial charge in [-0.25, -0.2) is 4.39 Å². The minimum Gasteiger partial charge on any atom is -0.494 e. The van der Waals surface area contributed by atoms with Gasteiger partial charge in [-0.05, 0) is 61.5 Å². The summed E-state index contributed by atoms with van der Waals surface area (Å²) in [5.74, 6) is -0.00980. The highest BCUT2D eigenvalue weighted by Gasteiger charge is 2.15. The van der Waals surface area contributed by atoms with Crippen LogP contribution >= 0.6 is 0 Å². The van der Waals surface area contributed by atoms with Crippen molar-refractivity contribution in [2.24, 2.45) is 0 Å². The Balaban J connectivity index is 1.79. The smallest absolute Gasteiger partial charge is 0.258 e. The summed E-state index contributed by atoms with van der Waals surface area (Å²) >= 11 is 0. The van der Waals surface area contributed by atoms with Gasteiger partial charge in [-0.1, -0.05) is 12.1 Å². The van der Waals surface area contributed by atoms with E-state index in [2.05, 4.69) is 10.6 Å². The SMILES string of the molecule is CCOc1ccc(Oc2ccccc2NC(=O)c2cc(NC(C)=O)ccc2F)cc1. The maximum atomic E-state index is 14.2. The lowest BCUT2D eigenvalue weighted by Gasteiger charge is -2.13. The molecular weight excluding hydrogens is 387 g/mol. The van der Waals surface area contributed by atoms with Gasteiger partial charge in [0.2, 0.25) is 5.91 Å². The van der Waals surface area contributed by atoms with Crippen LogP contribution in [0.15, 0.2) is 66.7 Å². The number of rotatable bonds is 7. The van der Waals surface area contributed by atoms with E-state index >= 15 is 0 Å². The molecule has 3 rings (SSSR count). The number of amides is 2. The van der Waals surface area contributed by atoms with E-state index in [4.69, 9.17) is 9.47 Å². The fourth-order valence-electron chi connectivity index (χ4n) is 2.73. The van der Waals surface area contributed by atoms with Crippen LogP contribution in [0, 0.1) is 5.82 Å². The molecular formula is C23H21FN2O4. The van der Waals surface area contributed by atoms with Crippen molar-refractivity contribution in [3.63, 3.8) is 0 Å². The van der Waals surface area contributed by atoms with Crippen molar-refractivity contribution in [1.82, 2.24) is 0 Å². The van der Waals surface area contributed by atoms with Gasteiger partial charge in [0.1, 0.15) is 17.3 Å². The normalized spacial score (nSPS) is 10.2. The number of ether oxygens (including phenoxy) is 2. The maximum Gasteiger partial charge on any atom is 0.258 e. The first-order valence-electron chi connectivity index (χ1n) is 9.34. The number of para-hydroxylation sites is 2. The lowest BCUT2D eigenvalue weighted by Crippen LogP contribution is -2.15. The molecule has 0 heterocycles. The molecule has 0 atom stereocenters. The molecule has 2 amide bonds. The second-order valence-electron chi connectivity index (χ2n) is 6.33. The average molecular weight is 408 g/mol. The predicted molar refractivity (Wildman–Crippen MR) is 113 cm³/mol. The number of benzene rings is 3. The molecule has 7 heteroatoms. The molecule has 0 aliphatic heterocycles. The van der Waals surface area contributed by atoms with E-state index in [0.717, 1.165) is 11.8 Å². The van der Waals surface area contributed by atoms with Crippen LogP contribution in [0.5, 0.6) is 17.2 Å². The lowest BCUT2D eigenvalue weighted by molar-refractivity contribution is -0.114. The Hall–Kier alpha value is -3.87. The molecule has 0 saturated heterocycles. The van der Waals surface area contributed by atoms with E-state index in [1.807, 2.05) is 6.92 Å². The van der Waals surface area contributed by atoms with Crippen molar-refractivity contribution < 1.29 is 23.5 Å². The van der Waals surface area contributed by atoms with Crippen LogP contribution in [0.2, 0.25) is 0 Å². The summed E-state index contributed by atoms with van der Waals surface area (Å²) in [6.07, 6.45) is 0. The molecule has 0 bridgehead atoms. The summed E-state index contributed by atoms with van der Waals surface area (Å²) in [6.45, 7) is 3.80. The minimum atomic E-state index is -0.702. The fourth-order valence-corrected chi connectivity index (χ4v) is 2.73. The summed E-state index contributed by atoms with van der Waals surface area (Å²) in [5.41, 5.74) is 0.505. The Morgan fingerprint density at radius 2 is 1.63 bits per heavy atom. The molecule has 0 saturated carbocycles. The molecule has 0 aliphatic rings. The molecule has 3 aromatic carbocycles. The van der Waals surface area contributed by atoms with Crippen molar-refractivity contribution >= 4 is 23.2 Å². The number of halogens is 1. The van der Waals surface area contributed by atoms with Gasteiger partial charge in [-0.3, -0.25) is 9.59 Å². The van der Waals surface area contributed by atoms with Crippen molar-refractivity contribution in [1.29, 1.82) is 0 Å². The van der Waals surface area contributed by atoms with Gasteiger partial charge in [0.15, 0.2) is 5.75 Å². The van der Waals surface area contributed by atoms with Gasteiger partial charge in [0, 0.05) is 12.6 Å². The Bertz CT molecular complexity index is 1050. The van der Waals surface area contributed by atoms with Crippen LogP contribution in [-0.2, 0) is 4.79 Å². The van der Waals surface area contributed by atoms with Crippen LogP contribution in [-0.4, -0.2) is 18.4 Å². The van der Waals surface area contributed by atoms with Gasteiger partial charge in [0.25, 0.3) is 5.91 Å². The molecule has 30 heavy (non-hydrogen) atoms. The molecule has 0 unspecified atom stereocenters. The van der Waals surface area contributed by atoms with Crippen LogP contribution in [0.25, 0.3) is 0 Å². The summed E-state index contributed by atoms with van der Waals surface area (Å²) in [7, 11) is 0. The van der Waals surface area contributed by atoms with Gasteiger partial charge < -0.3 is 20.1 Å². The maximum absolute atomic E-state index is 14.2. The average Bonchev–Trinajstić information content (AvgIpc) is 2.72. The number of anilines is 2. The topological polar surface area (TPSA) is 76.7 Å². The standard InChI is InChI=1S/C23H21FN2O4/c1-3-29-17-9-11-18(12-10-17)30-22-7-5-4-6-21(22)26-23(28)19-14-16(25-15(2)27)8-13-20(19)24/h4-14H,3H2,1-2H3,(H,25,27)(H,26,28). The quantitative estimate of drug-likeness (QED) is 0.561. The Kier molecular flexibility index (Phi) is 6.64. The first-order valence-corrected chi connectivity index (χ1v) is 9.34. The van der Waals surface area contributed by atoms with Gasteiger partial charge in [0.05, 0.1) is 17.9 Å². The third-order valence-corrected chi connectivity index (χ3v) is 4.03. The van der Waals surface area contributed by atoms with Crippen LogP contribution in [0.3, 0.4) is 0 Å². The number of carbonyl (C=O) groups excluding carboxylic acids is 2. The number of nitrogens with one attached hydrogen (secondary N) is 2. The molecule has 0 radical (unpaired) electrons. The van der Waals surface area contributed by atoms with E-state index < -0.39 is 11.7 Å². The second-order valence-corrected chi connectivity index (χ2v) is 6.33. The largest absolute Gasteiger partial charge is 0.494 e. The van der Waals surface area contributed by atoms with E-state index in [1.165, 1.54) is 19.1 Å². The zero-order valence-corrected chi connectivity index (χ0v) is 16.6. The third kappa shape index (κ3) is 5.35. The molecule has 6 nitrogen and oxygen atoms in total. The van der Waals surface area contributed by atoms with Gasteiger partial charge in [-0.2, -0.15) is 0 Å². The van der Waals surface area contributed by atoms with Crippen molar-refractivity contribution in [2.45, 2.75) is 13.8 Å². The van der Waals surface area contributed by atoms with Crippen molar-refractivity contribution in [3.05, 3.63) is 78.1 Å². The minimum absolute atomic E-state index is 0.197. The number of hydrogen-bond donors (Lipinski definition) is 2. The molecule has 0 aromatic heterocycles. The highest BCUT2D eigenvalue weighted by Crippen LogP contribution is 2.31. The first-order chi connectivity index (χ1) is 14.5. The van der Waals surface area contributed by atoms with Crippen LogP contribution in [0.4, 0.5) is 15.8 Å². The van der Waals surface area contributed by atoms with Crippen LogP contribution in [0.1, 0.15) is 24.2 Å². The molecule has 154 valence electrons. The van der Waals surface area contributed by atoms with E-state index in [1.54, 1.807) is 48.5 Å². The summed E-state index contributed by atoms with van der Waals surface area (Å²) < 4.78 is 25.5. The third-order valence-electron chi connectivity index (χ3n) is 4.03. The van der Waals surface area contributed by atoms with E-state index in [9.17, 15) is 14.0 Å². The number of hydrogen-bond acceptors (Lipinski definition) is 4. The summed E-state index contributed by atoms with van der Waals surface area (Å²) in [4.78, 5) is 23.9. The van der Waals surface area contributed by atoms with E-state index in [-0.39, 0.29) is 11.5 Å². The molecule has 3 aromatic rings. The Morgan fingerprint density at radius 1 is 0.933 bits per heavy atom. The van der Waals surface area contributed by atoms with Crippen LogP contribution < -0.4 is 20.1 Å². The summed E-state index contributed by atoms with van der Waals surface area (Å²) in [5, 5.41) is 5.19. The van der Waals surface area contributed by atoms with Crippen molar-refractivity contribution in [2.75, 3.05) is 17.2 Å². The van der Waals surface area contributed by atoms with Gasteiger partial charge in [-0.15, -0.1) is 0 Å². The molecule has 0 fully saturated rings. The zero-order valence-electron chi connectivity index (χ0n) is 16.6. The monoisotopic (exact) mass is 408 g/mol. The predicted octanol–water partition coefficient (Wildman–Crippen LogP) is 5.23. The van der Waals surface area contributed by atoms with Gasteiger partial charge >= 0.3 is 0 Å². The molecule has 0 aliphatic carbocycles. The summed E-state index contributed by atoms with van der Waals surface area (Å²) in [6, 6.07) is 17.7. The Labute approximate surface area is 173 Å². The number of carbonyl (C=O) groups is 2. The fraction of sp³-hybridized carbons (Fsp3) is 0.130. The highest BCUT2D eigenvalue weighted by atomic mass is 19.1. The Morgan fingerprint density at radius 3 is 2.33 bits per heavy atom. The van der Waals surface area contributed by atoms with E-state index in [0.29, 0.717) is 29.5 Å². The molecule has 0 spiro atoms. The zero-order chi connectivity index (χ0) is 21.5. The second kappa shape index (κ2) is 9.56.